The zero-order valence-electron chi connectivity index (χ0n) is 26.2. The van der Waals surface area contributed by atoms with Gasteiger partial charge in [0.1, 0.15) is 28.7 Å². The van der Waals surface area contributed by atoms with Gasteiger partial charge >= 0.3 is 0 Å². The van der Waals surface area contributed by atoms with Gasteiger partial charge in [-0.25, -0.2) is 14.4 Å². The van der Waals surface area contributed by atoms with Crippen molar-refractivity contribution in [2.24, 2.45) is 7.05 Å². The van der Waals surface area contributed by atoms with Gasteiger partial charge in [0, 0.05) is 68.3 Å². The molecule has 0 saturated carbocycles. The van der Waals surface area contributed by atoms with Crippen molar-refractivity contribution in [3.8, 4) is 16.8 Å². The number of para-hydroxylation sites is 1. The van der Waals surface area contributed by atoms with Crippen LogP contribution < -0.4 is 21.3 Å². The minimum atomic E-state index is -0.601. The lowest BCUT2D eigenvalue weighted by molar-refractivity contribution is -0.0661. The maximum absolute atomic E-state index is 15.3. The Labute approximate surface area is 273 Å². The molecule has 2 fully saturated rings. The topological polar surface area (TPSA) is 122 Å². The number of aliphatic hydroxyl groups is 1. The van der Waals surface area contributed by atoms with Gasteiger partial charge in [0.05, 0.1) is 49.5 Å². The Morgan fingerprint density at radius 2 is 1.77 bits per heavy atom. The summed E-state index contributed by atoms with van der Waals surface area (Å²) in [6.07, 6.45) is 8.15. The molecule has 2 saturated heterocycles. The van der Waals surface area contributed by atoms with Crippen LogP contribution in [0.4, 0.5) is 21.7 Å². The summed E-state index contributed by atoms with van der Waals surface area (Å²) in [5, 5.41) is 14.6. The predicted octanol–water partition coefficient (Wildman–Crippen LogP) is 3.29. The van der Waals surface area contributed by atoms with E-state index < -0.39 is 12.4 Å². The molecule has 2 aliphatic heterocycles. The Balaban J connectivity index is 1.11. The second-order valence-electron chi connectivity index (χ2n) is 12.2. The summed E-state index contributed by atoms with van der Waals surface area (Å²) in [6.45, 7) is 4.66. The van der Waals surface area contributed by atoms with E-state index in [1.54, 1.807) is 54.6 Å². The van der Waals surface area contributed by atoms with Gasteiger partial charge < -0.3 is 29.0 Å². The number of aryl methyl sites for hydroxylation is 1. The number of nitrogens with zero attached hydrogens (tertiary/aromatic N) is 7. The third kappa shape index (κ3) is 5.21. The first-order valence-corrected chi connectivity index (χ1v) is 15.8. The molecule has 0 unspecified atom stereocenters. The summed E-state index contributed by atoms with van der Waals surface area (Å²) in [6, 6.07) is 14.1. The molecule has 0 amide bonds. The van der Waals surface area contributed by atoms with Crippen LogP contribution in [0.1, 0.15) is 5.56 Å². The van der Waals surface area contributed by atoms with Crippen LogP contribution >= 0.6 is 0 Å². The van der Waals surface area contributed by atoms with Crippen molar-refractivity contribution in [1.29, 1.82) is 0 Å². The molecule has 6 aromatic rings. The molecule has 4 aromatic heterocycles. The fraction of sp³-hybridized carbons (Fsp3) is 0.257. The lowest BCUT2D eigenvalue weighted by atomic mass is 9.98. The molecule has 2 aromatic carbocycles. The van der Waals surface area contributed by atoms with E-state index in [-0.39, 0.29) is 22.5 Å². The first kappa shape index (κ1) is 30.0. The third-order valence-electron chi connectivity index (χ3n) is 9.33. The number of hydrogen-bond acceptors (Lipinski definition) is 9. The lowest BCUT2D eigenvalue weighted by Crippen LogP contribution is -2.56. The quantitative estimate of drug-likeness (QED) is 0.269. The van der Waals surface area contributed by atoms with Gasteiger partial charge in [0.2, 0.25) is 0 Å². The Morgan fingerprint density at radius 3 is 2.50 bits per heavy atom. The number of hydrogen-bond donors (Lipinski definition) is 2. The molecule has 0 spiro atoms. The lowest BCUT2D eigenvalue weighted by Gasteiger charge is -2.42. The molecule has 2 aliphatic rings. The summed E-state index contributed by atoms with van der Waals surface area (Å²) in [4.78, 5) is 40.7. The summed E-state index contributed by atoms with van der Waals surface area (Å²) in [7, 11) is 1.59. The Bertz CT molecular complexity index is 2290. The van der Waals surface area contributed by atoms with Crippen LogP contribution in [0, 0.1) is 5.82 Å². The Hall–Kier alpha value is -5.37. The highest BCUT2D eigenvalue weighted by atomic mass is 19.1. The van der Waals surface area contributed by atoms with Crippen molar-refractivity contribution >= 4 is 33.7 Å². The van der Waals surface area contributed by atoms with Crippen molar-refractivity contribution in [3.63, 3.8) is 0 Å². The van der Waals surface area contributed by atoms with Crippen LogP contribution in [0.25, 0.3) is 33.2 Å². The van der Waals surface area contributed by atoms with E-state index in [1.165, 1.54) is 21.3 Å². The number of anilines is 3. The van der Waals surface area contributed by atoms with E-state index in [0.29, 0.717) is 34.1 Å². The first-order valence-electron chi connectivity index (χ1n) is 15.8. The van der Waals surface area contributed by atoms with Crippen molar-refractivity contribution in [2.45, 2.75) is 12.6 Å². The highest BCUT2D eigenvalue weighted by Gasteiger charge is 2.29. The van der Waals surface area contributed by atoms with E-state index >= 15 is 4.39 Å². The van der Waals surface area contributed by atoms with Crippen molar-refractivity contribution in [1.82, 2.24) is 28.4 Å². The van der Waals surface area contributed by atoms with E-state index in [2.05, 4.69) is 25.1 Å². The number of benzene rings is 2. The van der Waals surface area contributed by atoms with Crippen molar-refractivity contribution in [3.05, 3.63) is 112 Å². The van der Waals surface area contributed by atoms with E-state index in [4.69, 9.17) is 4.74 Å². The van der Waals surface area contributed by atoms with Gasteiger partial charge in [-0.2, -0.15) is 0 Å². The number of rotatable bonds is 7. The summed E-state index contributed by atoms with van der Waals surface area (Å²) in [5.74, 6) is 0.532. The minimum Gasteiger partial charge on any atom is -0.392 e. The number of aromatic nitrogens is 5. The summed E-state index contributed by atoms with van der Waals surface area (Å²) >= 11 is 0. The Morgan fingerprint density at radius 1 is 0.958 bits per heavy atom. The van der Waals surface area contributed by atoms with Gasteiger partial charge in [0.25, 0.3) is 11.1 Å². The number of nitrogens with one attached hydrogen (secondary N) is 1. The molecule has 2 N–H and O–H groups in total. The molecule has 8 rings (SSSR count). The molecule has 0 radical (unpaired) electrons. The third-order valence-corrected chi connectivity index (χ3v) is 9.33. The molecule has 0 atom stereocenters. The number of halogens is 1. The van der Waals surface area contributed by atoms with E-state index in [0.717, 1.165) is 56.1 Å². The van der Waals surface area contributed by atoms with Crippen LogP contribution in [0.5, 0.6) is 0 Å². The molecule has 13 heteroatoms. The number of ether oxygens (including phenoxy) is 1. The average molecular weight is 649 g/mol. The summed E-state index contributed by atoms with van der Waals surface area (Å²) in [5.41, 5.74) is 2.14. The monoisotopic (exact) mass is 648 g/mol. The SMILES string of the molecule is Cn1cc(-c2cc(F)cc(-n3ccn4c(cc5ccccc54)c3=O)c2CO)cc(Nc2cnc(N3CCN(C4COC4)CC3)cn2)c1=O. The first-order chi connectivity index (χ1) is 23.4. The summed E-state index contributed by atoms with van der Waals surface area (Å²) < 4.78 is 25.1. The van der Waals surface area contributed by atoms with Crippen LogP contribution in [0.3, 0.4) is 0 Å². The molecule has 0 aliphatic carbocycles. The standard InChI is InChI=1S/C35H33FN8O4/c1-40-18-23(12-28(34(40)46)39-32-16-38-33(17-37-32)42-8-6-41(7-9-42)25-20-48-21-25)26-14-24(36)15-30(27(26)19-45)44-11-10-43-29-5-3-2-4-22(29)13-31(43)35(44)47/h2-5,10-18,25,45H,6-9,19-21H2,1H3,(H,37,39). The normalized spacial score (nSPS) is 15.7. The maximum atomic E-state index is 15.3. The molecule has 0 bridgehead atoms. The van der Waals surface area contributed by atoms with Gasteiger partial charge in [-0.05, 0) is 35.9 Å². The zero-order chi connectivity index (χ0) is 32.9. The minimum absolute atomic E-state index is 0.196. The number of piperazine rings is 1. The fourth-order valence-corrected chi connectivity index (χ4v) is 6.66. The van der Waals surface area contributed by atoms with E-state index in [1.807, 2.05) is 24.3 Å². The van der Waals surface area contributed by atoms with Gasteiger partial charge in [-0.3, -0.25) is 19.1 Å². The Kier molecular flexibility index (Phi) is 7.51. The van der Waals surface area contributed by atoms with Gasteiger partial charge in [-0.1, -0.05) is 18.2 Å². The molecular formula is C35H33FN8O4. The highest BCUT2D eigenvalue weighted by molar-refractivity contribution is 5.87. The number of pyridine rings is 1. The average Bonchev–Trinajstić information content (AvgIpc) is 3.46. The number of aliphatic hydroxyl groups excluding tert-OH is 1. The second-order valence-corrected chi connectivity index (χ2v) is 12.2. The van der Waals surface area contributed by atoms with Crippen molar-refractivity contribution < 1.29 is 14.2 Å². The molecule has 244 valence electrons. The predicted molar refractivity (Wildman–Crippen MR) is 181 cm³/mol. The highest BCUT2D eigenvalue weighted by Crippen LogP contribution is 2.31. The smallest absolute Gasteiger partial charge is 0.279 e. The van der Waals surface area contributed by atoms with Crippen molar-refractivity contribution in [2.75, 3.05) is 49.6 Å². The largest absolute Gasteiger partial charge is 0.392 e. The maximum Gasteiger partial charge on any atom is 0.279 e. The van der Waals surface area contributed by atoms with Gasteiger partial charge in [0.15, 0.2) is 0 Å². The van der Waals surface area contributed by atoms with Crippen LogP contribution in [-0.2, 0) is 18.4 Å². The molecular weight excluding hydrogens is 615 g/mol. The van der Waals surface area contributed by atoms with Gasteiger partial charge in [-0.15, -0.1) is 0 Å². The molecule has 48 heavy (non-hydrogen) atoms. The number of fused-ring (bicyclic) bond motifs is 3. The second kappa shape index (κ2) is 12.0. The molecule has 6 heterocycles. The van der Waals surface area contributed by atoms with Crippen LogP contribution in [0.15, 0.2) is 89.1 Å². The van der Waals surface area contributed by atoms with Crippen LogP contribution in [0.2, 0.25) is 0 Å². The van der Waals surface area contributed by atoms with E-state index in [9.17, 15) is 14.7 Å². The molecule has 12 nitrogen and oxygen atoms in total. The zero-order valence-corrected chi connectivity index (χ0v) is 26.2. The fourth-order valence-electron chi connectivity index (χ4n) is 6.66. The van der Waals surface area contributed by atoms with Crippen LogP contribution in [-0.4, -0.2) is 78.9 Å².